The van der Waals surface area contributed by atoms with Crippen LogP contribution < -0.4 is 10.6 Å². The van der Waals surface area contributed by atoms with Gasteiger partial charge in [0.2, 0.25) is 5.91 Å². The molecule has 2 N–H and O–H groups in total. The Balaban J connectivity index is 1.59. The molecule has 0 aromatic rings. The topological polar surface area (TPSA) is 50.4 Å². The highest BCUT2D eigenvalue weighted by Gasteiger charge is 2.36. The standard InChI is InChI=1S/C13H24N2O2/c1-17-13(7-4-8-13)10-14-9-12(16)15-11-5-2-3-6-11/h11,14H,2-10H2,1H3,(H,15,16). The Morgan fingerprint density at radius 2 is 2.00 bits per heavy atom. The van der Waals surface area contributed by atoms with Gasteiger partial charge in [0.05, 0.1) is 12.1 Å². The molecule has 1 amide bonds. The van der Waals surface area contributed by atoms with Crippen molar-refractivity contribution in [3.63, 3.8) is 0 Å². The van der Waals surface area contributed by atoms with E-state index in [9.17, 15) is 4.79 Å². The summed E-state index contributed by atoms with van der Waals surface area (Å²) < 4.78 is 5.49. The number of nitrogens with one attached hydrogen (secondary N) is 2. The molecule has 98 valence electrons. The molecule has 0 saturated heterocycles. The number of ether oxygens (including phenoxy) is 1. The molecule has 0 aromatic carbocycles. The molecule has 0 atom stereocenters. The van der Waals surface area contributed by atoms with Gasteiger partial charge in [0.25, 0.3) is 0 Å². The molecule has 17 heavy (non-hydrogen) atoms. The largest absolute Gasteiger partial charge is 0.377 e. The van der Waals surface area contributed by atoms with Gasteiger partial charge in [-0.1, -0.05) is 12.8 Å². The summed E-state index contributed by atoms with van der Waals surface area (Å²) in [5, 5.41) is 6.29. The maximum Gasteiger partial charge on any atom is 0.234 e. The summed E-state index contributed by atoms with van der Waals surface area (Å²) in [6.45, 7) is 1.21. The number of hydrogen-bond donors (Lipinski definition) is 2. The van der Waals surface area contributed by atoms with Crippen molar-refractivity contribution in [2.75, 3.05) is 20.2 Å². The van der Waals surface area contributed by atoms with Crippen LogP contribution in [-0.4, -0.2) is 37.7 Å². The van der Waals surface area contributed by atoms with E-state index in [4.69, 9.17) is 4.74 Å². The van der Waals surface area contributed by atoms with Crippen molar-refractivity contribution in [3.8, 4) is 0 Å². The lowest BCUT2D eigenvalue weighted by atomic mass is 9.80. The molecule has 2 fully saturated rings. The normalized spacial score (nSPS) is 23.4. The second-order valence-corrected chi connectivity index (χ2v) is 5.39. The molecule has 2 aliphatic carbocycles. The van der Waals surface area contributed by atoms with Gasteiger partial charge in [0.1, 0.15) is 0 Å². The van der Waals surface area contributed by atoms with E-state index >= 15 is 0 Å². The van der Waals surface area contributed by atoms with E-state index in [0.717, 1.165) is 32.2 Å². The van der Waals surface area contributed by atoms with Crippen LogP contribution in [0.25, 0.3) is 0 Å². The molecule has 2 aliphatic rings. The van der Waals surface area contributed by atoms with Gasteiger partial charge in [-0.3, -0.25) is 4.79 Å². The maximum absolute atomic E-state index is 11.7. The summed E-state index contributed by atoms with van der Waals surface area (Å²) in [4.78, 5) is 11.7. The molecule has 4 heteroatoms. The minimum atomic E-state index is 0.00758. The van der Waals surface area contributed by atoms with Gasteiger partial charge in [0, 0.05) is 19.7 Å². The third kappa shape index (κ3) is 3.42. The molecule has 0 aromatic heterocycles. The number of hydrogen-bond acceptors (Lipinski definition) is 3. The zero-order valence-corrected chi connectivity index (χ0v) is 10.8. The van der Waals surface area contributed by atoms with Crippen molar-refractivity contribution < 1.29 is 9.53 Å². The van der Waals surface area contributed by atoms with E-state index in [-0.39, 0.29) is 11.5 Å². The first-order valence-electron chi connectivity index (χ1n) is 6.79. The van der Waals surface area contributed by atoms with Crippen LogP contribution in [-0.2, 0) is 9.53 Å². The number of methoxy groups -OCH3 is 1. The molecule has 0 radical (unpaired) electrons. The molecule has 4 nitrogen and oxygen atoms in total. The number of carbonyl (C=O) groups excluding carboxylic acids is 1. The van der Waals surface area contributed by atoms with Gasteiger partial charge in [0.15, 0.2) is 0 Å². The fraction of sp³-hybridized carbons (Fsp3) is 0.923. The molecular weight excluding hydrogens is 216 g/mol. The molecule has 0 bridgehead atoms. The van der Waals surface area contributed by atoms with E-state index < -0.39 is 0 Å². The summed E-state index contributed by atoms with van der Waals surface area (Å²) >= 11 is 0. The Kier molecular flexibility index (Phi) is 4.40. The maximum atomic E-state index is 11.7. The highest BCUT2D eigenvalue weighted by molar-refractivity contribution is 5.78. The van der Waals surface area contributed by atoms with Crippen molar-refractivity contribution in [3.05, 3.63) is 0 Å². The fourth-order valence-corrected chi connectivity index (χ4v) is 2.78. The van der Waals surface area contributed by atoms with Crippen LogP contribution in [0.2, 0.25) is 0 Å². The monoisotopic (exact) mass is 240 g/mol. The van der Waals surface area contributed by atoms with Crippen molar-refractivity contribution in [2.24, 2.45) is 0 Å². The minimum Gasteiger partial charge on any atom is -0.377 e. The van der Waals surface area contributed by atoms with Gasteiger partial charge in [-0.05, 0) is 32.1 Å². The highest BCUT2D eigenvalue weighted by Crippen LogP contribution is 2.34. The van der Waals surface area contributed by atoms with Crippen LogP contribution in [0.15, 0.2) is 0 Å². The van der Waals surface area contributed by atoms with E-state index in [1.807, 2.05) is 0 Å². The SMILES string of the molecule is COC1(CNCC(=O)NC2CCCC2)CCC1. The van der Waals surface area contributed by atoms with Crippen molar-refractivity contribution in [1.82, 2.24) is 10.6 Å². The number of carbonyl (C=O) groups is 1. The van der Waals surface area contributed by atoms with Crippen LogP contribution in [0.1, 0.15) is 44.9 Å². The Bertz CT molecular complexity index is 253. The van der Waals surface area contributed by atoms with Crippen molar-refractivity contribution >= 4 is 5.91 Å². The molecule has 0 spiro atoms. The molecule has 0 aliphatic heterocycles. The zero-order chi connectivity index (χ0) is 12.1. The van der Waals surface area contributed by atoms with E-state index in [1.54, 1.807) is 7.11 Å². The van der Waals surface area contributed by atoms with Gasteiger partial charge >= 0.3 is 0 Å². The van der Waals surface area contributed by atoms with Crippen molar-refractivity contribution in [2.45, 2.75) is 56.6 Å². The molecule has 2 saturated carbocycles. The Morgan fingerprint density at radius 3 is 2.53 bits per heavy atom. The van der Waals surface area contributed by atoms with Gasteiger partial charge in [-0.2, -0.15) is 0 Å². The van der Waals surface area contributed by atoms with E-state index in [1.165, 1.54) is 19.3 Å². The second-order valence-electron chi connectivity index (χ2n) is 5.39. The second kappa shape index (κ2) is 5.83. The Hall–Kier alpha value is -0.610. The predicted molar refractivity (Wildman–Crippen MR) is 66.9 cm³/mol. The van der Waals surface area contributed by atoms with Crippen LogP contribution in [0, 0.1) is 0 Å². The van der Waals surface area contributed by atoms with Gasteiger partial charge in [-0.15, -0.1) is 0 Å². The average molecular weight is 240 g/mol. The van der Waals surface area contributed by atoms with Crippen LogP contribution in [0.5, 0.6) is 0 Å². The summed E-state index contributed by atoms with van der Waals surface area (Å²) in [5.74, 6) is 0.127. The lowest BCUT2D eigenvalue weighted by Gasteiger charge is -2.40. The molecule has 2 rings (SSSR count). The number of amides is 1. The first-order chi connectivity index (χ1) is 8.24. The quantitative estimate of drug-likeness (QED) is 0.733. The van der Waals surface area contributed by atoms with E-state index in [0.29, 0.717) is 12.6 Å². The number of rotatable bonds is 6. The molecular formula is C13H24N2O2. The summed E-state index contributed by atoms with van der Waals surface area (Å²) in [6, 6.07) is 0.421. The van der Waals surface area contributed by atoms with Crippen LogP contribution in [0.4, 0.5) is 0 Å². The zero-order valence-electron chi connectivity index (χ0n) is 10.8. The summed E-state index contributed by atoms with van der Waals surface area (Å²) in [7, 11) is 1.76. The van der Waals surface area contributed by atoms with E-state index in [2.05, 4.69) is 10.6 Å². The molecule has 0 unspecified atom stereocenters. The summed E-state index contributed by atoms with van der Waals surface area (Å²) in [5.41, 5.74) is 0.00758. The van der Waals surface area contributed by atoms with Crippen molar-refractivity contribution in [1.29, 1.82) is 0 Å². The predicted octanol–water partition coefficient (Wildman–Crippen LogP) is 1.20. The third-order valence-electron chi connectivity index (χ3n) is 4.15. The molecule has 0 heterocycles. The first kappa shape index (κ1) is 12.8. The van der Waals surface area contributed by atoms with Gasteiger partial charge < -0.3 is 15.4 Å². The van der Waals surface area contributed by atoms with Gasteiger partial charge in [-0.25, -0.2) is 0 Å². The Labute approximate surface area is 103 Å². The first-order valence-corrected chi connectivity index (χ1v) is 6.79. The lowest BCUT2D eigenvalue weighted by Crippen LogP contribution is -2.50. The third-order valence-corrected chi connectivity index (χ3v) is 4.15. The van der Waals surface area contributed by atoms with Crippen LogP contribution in [0.3, 0.4) is 0 Å². The smallest absolute Gasteiger partial charge is 0.234 e. The summed E-state index contributed by atoms with van der Waals surface area (Å²) in [6.07, 6.45) is 8.27. The average Bonchev–Trinajstić information content (AvgIpc) is 2.75. The van der Waals surface area contributed by atoms with Crippen LogP contribution >= 0.6 is 0 Å². The minimum absolute atomic E-state index is 0.00758. The highest BCUT2D eigenvalue weighted by atomic mass is 16.5. The lowest BCUT2D eigenvalue weighted by molar-refractivity contribution is -0.121. The Morgan fingerprint density at radius 1 is 1.29 bits per heavy atom. The fourth-order valence-electron chi connectivity index (χ4n) is 2.78.